The molecule has 0 radical (unpaired) electrons. The number of aryl methyl sites for hydroxylation is 2. The molecule has 19 heteroatoms. The number of amides is 1. The second kappa shape index (κ2) is 18.0. The average molecular weight is 791 g/mol. The number of hydrogen-bond donors (Lipinski definition) is 4. The van der Waals surface area contributed by atoms with E-state index in [-0.39, 0.29) is 47.4 Å². The van der Waals surface area contributed by atoms with Crippen molar-refractivity contribution in [2.24, 2.45) is 19.8 Å². The number of carbonyl (C=O) groups is 1. The number of benzene rings is 2. The average Bonchev–Trinajstić information content (AvgIpc) is 3.72. The Bertz CT molecular complexity index is 2290. The van der Waals surface area contributed by atoms with Gasteiger partial charge in [-0.05, 0) is 82.9 Å². The number of anilines is 4. The number of nitrogens with zero attached hydrogens (tertiary/aromatic N) is 10. The maximum Gasteiger partial charge on any atom is 0.408 e. The van der Waals surface area contributed by atoms with Crippen molar-refractivity contribution in [3.63, 3.8) is 0 Å². The van der Waals surface area contributed by atoms with E-state index in [1.165, 1.54) is 12.7 Å². The first-order valence-corrected chi connectivity index (χ1v) is 17.2. The van der Waals surface area contributed by atoms with E-state index in [1.807, 2.05) is 14.0 Å². The molecule has 16 nitrogen and oxygen atoms in total. The molecule has 0 saturated carbocycles. The van der Waals surface area contributed by atoms with Gasteiger partial charge in [-0.1, -0.05) is 12.1 Å². The Morgan fingerprint density at radius 3 is 1.61 bits per heavy atom. The van der Waals surface area contributed by atoms with Gasteiger partial charge in [0, 0.05) is 44.7 Å². The van der Waals surface area contributed by atoms with Crippen LogP contribution in [-0.2, 0) is 18.8 Å². The van der Waals surface area contributed by atoms with Crippen LogP contribution in [0.15, 0.2) is 61.4 Å². The molecule has 0 spiro atoms. The van der Waals surface area contributed by atoms with Crippen molar-refractivity contribution in [1.82, 2.24) is 54.8 Å². The van der Waals surface area contributed by atoms with Crippen LogP contribution >= 0.6 is 12.4 Å². The molecule has 0 unspecified atom stereocenters. The van der Waals surface area contributed by atoms with Gasteiger partial charge in [0.15, 0.2) is 23.3 Å². The number of rotatable bonds is 9. The van der Waals surface area contributed by atoms with Gasteiger partial charge in [0.2, 0.25) is 11.9 Å². The first-order valence-electron chi connectivity index (χ1n) is 17.2. The number of alkyl carbamates (subject to hydrolysis) is 1. The number of hydrogen-bond acceptors (Lipinski definition) is 13. The van der Waals surface area contributed by atoms with E-state index in [0.717, 1.165) is 5.56 Å². The molecule has 2 aromatic carbocycles. The summed E-state index contributed by atoms with van der Waals surface area (Å²) in [6.07, 6.45) is 5.65. The summed E-state index contributed by atoms with van der Waals surface area (Å²) in [5.74, 6) is 1.31. The normalized spacial score (nSPS) is 12.1. The van der Waals surface area contributed by atoms with E-state index in [2.05, 4.69) is 56.1 Å². The van der Waals surface area contributed by atoms with Crippen molar-refractivity contribution in [3.05, 3.63) is 95.3 Å². The van der Waals surface area contributed by atoms with Crippen LogP contribution in [0.2, 0.25) is 0 Å². The van der Waals surface area contributed by atoms with Crippen molar-refractivity contribution < 1.29 is 18.3 Å². The van der Waals surface area contributed by atoms with Crippen LogP contribution in [0, 0.1) is 25.5 Å². The third kappa shape index (κ3) is 10.8. The highest BCUT2D eigenvalue weighted by atomic mass is 35.5. The summed E-state index contributed by atoms with van der Waals surface area (Å²) in [5.41, 5.74) is 8.07. The van der Waals surface area contributed by atoms with Gasteiger partial charge in [0.1, 0.15) is 29.9 Å². The van der Waals surface area contributed by atoms with Crippen LogP contribution in [0.25, 0.3) is 22.8 Å². The Hall–Kier alpha value is -6.14. The van der Waals surface area contributed by atoms with Crippen LogP contribution in [0.5, 0.6) is 0 Å². The zero-order valence-electron chi connectivity index (χ0n) is 32.5. The molecular formula is C37H45ClF2N14O2. The predicted molar refractivity (Wildman–Crippen MR) is 211 cm³/mol. The second-order valence-electron chi connectivity index (χ2n) is 13.7. The van der Waals surface area contributed by atoms with Gasteiger partial charge in [-0.2, -0.15) is 20.2 Å². The second-order valence-corrected chi connectivity index (χ2v) is 13.7. The summed E-state index contributed by atoms with van der Waals surface area (Å²) in [4.78, 5) is 36.9. The first-order chi connectivity index (χ1) is 26.0. The highest BCUT2D eigenvalue weighted by Crippen LogP contribution is 2.29. The number of ether oxygens (including phenoxy) is 1. The zero-order chi connectivity index (χ0) is 40.0. The van der Waals surface area contributed by atoms with Gasteiger partial charge >= 0.3 is 6.09 Å². The summed E-state index contributed by atoms with van der Waals surface area (Å²) in [7, 11) is 3.60. The lowest BCUT2D eigenvalue weighted by atomic mass is 9.98. The highest BCUT2D eigenvalue weighted by Gasteiger charge is 2.22. The van der Waals surface area contributed by atoms with Gasteiger partial charge in [-0.15, -0.1) is 12.4 Å². The Morgan fingerprint density at radius 2 is 1.20 bits per heavy atom. The maximum absolute atomic E-state index is 15.2. The summed E-state index contributed by atoms with van der Waals surface area (Å²) >= 11 is 0. The number of aromatic nitrogens is 10. The standard InChI is InChI=1S/C21H26FN7O2.C16H18FN7.ClH/c1-12-14(13(2)25-20(30)31-21(3,4)5)7-8-15(17(12)22)18-23-11-24-19(27-18)26-16-9-10-29(6)28-16;1-9-11(10(2)18)4-5-12(14(9)17)15-19-8-20-16(22-15)21-13-6-7-24(3)23-13;/h7-11,13H,1-6H3,(H,25,30)(H,23,24,26,27,28);4-8,10H,18H2,1-3H3,(H,19,20,21,22,23);1H/t13-;10-;/m11./s1. The van der Waals surface area contributed by atoms with Crippen molar-refractivity contribution in [3.8, 4) is 22.8 Å². The van der Waals surface area contributed by atoms with Crippen molar-refractivity contribution in [2.45, 2.75) is 66.2 Å². The predicted octanol–water partition coefficient (Wildman–Crippen LogP) is 6.95. The van der Waals surface area contributed by atoms with E-state index in [9.17, 15) is 9.18 Å². The third-order valence-corrected chi connectivity index (χ3v) is 8.08. The smallest absolute Gasteiger partial charge is 0.408 e. The molecule has 0 bridgehead atoms. The highest BCUT2D eigenvalue weighted by molar-refractivity contribution is 5.85. The Labute approximate surface area is 329 Å². The van der Waals surface area contributed by atoms with Gasteiger partial charge in [0.05, 0.1) is 17.2 Å². The zero-order valence-corrected chi connectivity index (χ0v) is 33.3. The Morgan fingerprint density at radius 1 is 0.750 bits per heavy atom. The lowest BCUT2D eigenvalue weighted by Crippen LogP contribution is -2.34. The Kier molecular flexibility index (Phi) is 13.7. The molecule has 0 aliphatic carbocycles. The molecule has 0 saturated heterocycles. The van der Waals surface area contributed by atoms with E-state index >= 15 is 4.39 Å². The van der Waals surface area contributed by atoms with E-state index in [1.54, 1.807) is 107 Å². The molecule has 2 atom stereocenters. The molecule has 4 heterocycles. The summed E-state index contributed by atoms with van der Waals surface area (Å²) in [5, 5.41) is 17.0. The lowest BCUT2D eigenvalue weighted by Gasteiger charge is -2.23. The molecule has 296 valence electrons. The topological polar surface area (TPSA) is 201 Å². The van der Waals surface area contributed by atoms with E-state index in [4.69, 9.17) is 10.5 Å². The minimum Gasteiger partial charge on any atom is -0.444 e. The van der Waals surface area contributed by atoms with E-state index < -0.39 is 23.6 Å². The fourth-order valence-corrected chi connectivity index (χ4v) is 5.44. The van der Waals surface area contributed by atoms with Gasteiger partial charge in [-0.3, -0.25) is 9.36 Å². The van der Waals surface area contributed by atoms with Crippen LogP contribution < -0.4 is 21.7 Å². The number of halogens is 3. The molecule has 1 amide bonds. The number of nitrogens with two attached hydrogens (primary N) is 1. The number of carbonyl (C=O) groups excluding carboxylic acids is 1. The van der Waals surface area contributed by atoms with Crippen LogP contribution in [0.1, 0.15) is 69.0 Å². The van der Waals surface area contributed by atoms with Gasteiger partial charge in [-0.25, -0.2) is 33.5 Å². The van der Waals surface area contributed by atoms with Crippen molar-refractivity contribution >= 4 is 42.0 Å². The van der Waals surface area contributed by atoms with Gasteiger partial charge in [0.25, 0.3) is 0 Å². The lowest BCUT2D eigenvalue weighted by molar-refractivity contribution is 0.0507. The van der Waals surface area contributed by atoms with E-state index in [0.29, 0.717) is 39.8 Å². The molecule has 4 aromatic heterocycles. The molecule has 0 aliphatic heterocycles. The number of nitrogens with one attached hydrogen (secondary N) is 3. The fourth-order valence-electron chi connectivity index (χ4n) is 5.44. The van der Waals surface area contributed by atoms with Crippen molar-refractivity contribution in [2.75, 3.05) is 10.6 Å². The van der Waals surface area contributed by atoms with Crippen LogP contribution in [-0.4, -0.2) is 61.2 Å². The third-order valence-electron chi connectivity index (χ3n) is 8.08. The fraction of sp³-hybridized carbons (Fsp3) is 0.324. The van der Waals surface area contributed by atoms with Gasteiger partial charge < -0.3 is 26.4 Å². The molecule has 0 aliphatic rings. The van der Waals surface area contributed by atoms with Crippen LogP contribution in [0.3, 0.4) is 0 Å². The largest absolute Gasteiger partial charge is 0.444 e. The molecule has 6 rings (SSSR count). The van der Waals surface area contributed by atoms with Crippen molar-refractivity contribution in [1.29, 1.82) is 0 Å². The molecule has 5 N–H and O–H groups in total. The monoisotopic (exact) mass is 790 g/mol. The first kappa shape index (κ1) is 42.6. The molecule has 0 fully saturated rings. The maximum atomic E-state index is 15.2. The quantitative estimate of drug-likeness (QED) is 0.117. The Balaban J connectivity index is 0.000000252. The molecule has 6 aromatic rings. The summed E-state index contributed by atoms with van der Waals surface area (Å²) < 4.78 is 38.4. The minimum atomic E-state index is -0.617. The van der Waals surface area contributed by atoms with Crippen LogP contribution in [0.4, 0.5) is 37.1 Å². The summed E-state index contributed by atoms with van der Waals surface area (Å²) in [6.45, 7) is 12.3. The minimum absolute atomic E-state index is 0. The molecule has 56 heavy (non-hydrogen) atoms. The summed E-state index contributed by atoms with van der Waals surface area (Å²) in [6, 6.07) is 9.63. The SMILES string of the molecule is Cc1c([C@@H](C)N)ccc(-c2ncnc(Nc3ccn(C)n3)n2)c1F.Cc1c([C@@H](C)NC(=O)OC(C)(C)C)ccc(-c2ncnc(Nc3ccn(C)n3)n2)c1F.Cl. The molecular weight excluding hydrogens is 746 g/mol.